The molecule has 0 radical (unpaired) electrons. The molecule has 2 aliphatic rings. The number of rotatable bonds is 40. The van der Waals surface area contributed by atoms with E-state index < -0.39 is 113 Å². The summed E-state index contributed by atoms with van der Waals surface area (Å²) in [5.74, 6) is -0.808. The molecule has 8 unspecified atom stereocenters. The summed E-state index contributed by atoms with van der Waals surface area (Å²) < 4.78 is 34.8. The first-order chi connectivity index (χ1) is 32.1. The van der Waals surface area contributed by atoms with Gasteiger partial charge < -0.3 is 70.7 Å². The van der Waals surface area contributed by atoms with Crippen LogP contribution < -0.4 is 5.32 Å². The lowest BCUT2D eigenvalue weighted by molar-refractivity contribution is -0.338. The van der Waals surface area contributed by atoms with Crippen LogP contribution in [0.4, 0.5) is 0 Å². The summed E-state index contributed by atoms with van der Waals surface area (Å²) in [6, 6.07) is -1.31. The number of carbonyl (C=O) groups excluding carboxylic acids is 1. The van der Waals surface area contributed by atoms with E-state index in [0.717, 1.165) is 51.4 Å². The summed E-state index contributed by atoms with van der Waals surface area (Å²) in [6.45, 7) is 2.77. The van der Waals surface area contributed by atoms with Gasteiger partial charge in [-0.25, -0.2) is 4.57 Å². The van der Waals surface area contributed by atoms with Gasteiger partial charge in [0, 0.05) is 0 Å². The second-order valence-electron chi connectivity index (χ2n) is 19.2. The molecule has 1 heterocycles. The molecule has 19 heteroatoms. The number of carbonyl (C=O) groups is 1. The number of phosphoric acid groups is 1. The minimum Gasteiger partial charge on any atom is -0.394 e. The molecule has 0 aromatic heterocycles. The van der Waals surface area contributed by atoms with Gasteiger partial charge >= 0.3 is 7.82 Å². The first-order valence-electron chi connectivity index (χ1n) is 26.1. The molecule has 398 valence electrons. The molecule has 0 aromatic carbocycles. The Bertz CT molecular complexity index is 1290. The number of hydrogen-bond donors (Lipinski definition) is 12. The highest BCUT2D eigenvalue weighted by atomic mass is 31.2. The average molecular weight is 988 g/mol. The van der Waals surface area contributed by atoms with Gasteiger partial charge in [-0.05, 0) is 12.8 Å². The van der Waals surface area contributed by atoms with Crippen molar-refractivity contribution in [1.82, 2.24) is 5.32 Å². The smallest absolute Gasteiger partial charge is 0.394 e. The maximum absolute atomic E-state index is 13.5. The third kappa shape index (κ3) is 24.4. The molecule has 0 spiro atoms. The second-order valence-corrected chi connectivity index (χ2v) is 20.6. The highest BCUT2D eigenvalue weighted by Gasteiger charge is 2.55. The number of amides is 1. The molecule has 1 amide bonds. The SMILES string of the molecule is CCCCCCCCCCCCCCCCC(O)C(=O)N[C@@H](COP(=O)(O)O[C@H]1C(O)C(O)C(O)[C@@H](O)C1O[C@H]1O[C@H](CO)[C@@H](O)C(O)C1O)[C@H](O)CCCCCCCCCCCCCCC. The van der Waals surface area contributed by atoms with Crippen LogP contribution in [0, 0.1) is 0 Å². The van der Waals surface area contributed by atoms with Crippen molar-refractivity contribution in [3.8, 4) is 0 Å². The third-order valence-electron chi connectivity index (χ3n) is 13.4. The summed E-state index contributed by atoms with van der Waals surface area (Å²) in [6.07, 6.45) is 6.23. The zero-order chi connectivity index (χ0) is 49.6. The molecule has 1 saturated carbocycles. The summed E-state index contributed by atoms with van der Waals surface area (Å²) in [7, 11) is -5.38. The Morgan fingerprint density at radius 3 is 1.37 bits per heavy atom. The van der Waals surface area contributed by atoms with E-state index in [2.05, 4.69) is 19.2 Å². The monoisotopic (exact) mass is 988 g/mol. The lowest BCUT2D eigenvalue weighted by Gasteiger charge is -2.47. The number of ether oxygens (including phenoxy) is 2. The number of unbranched alkanes of at least 4 members (excludes halogenated alkanes) is 25. The summed E-state index contributed by atoms with van der Waals surface area (Å²) >= 11 is 0. The fourth-order valence-electron chi connectivity index (χ4n) is 8.92. The molecule has 0 bridgehead atoms. The molecule has 15 atom stereocenters. The first-order valence-corrected chi connectivity index (χ1v) is 27.6. The summed E-state index contributed by atoms with van der Waals surface area (Å²) in [5, 5.41) is 108. The largest absolute Gasteiger partial charge is 0.472 e. The van der Waals surface area contributed by atoms with Gasteiger partial charge in [0.2, 0.25) is 5.91 Å². The normalized spacial score (nSPS) is 29.1. The minimum atomic E-state index is -5.38. The fourth-order valence-corrected chi connectivity index (χ4v) is 9.88. The zero-order valence-electron chi connectivity index (χ0n) is 40.8. The van der Waals surface area contributed by atoms with Crippen LogP contribution in [0.25, 0.3) is 0 Å². The van der Waals surface area contributed by atoms with Crippen LogP contribution >= 0.6 is 7.82 Å². The van der Waals surface area contributed by atoms with E-state index >= 15 is 0 Å². The van der Waals surface area contributed by atoms with E-state index in [1.807, 2.05) is 0 Å². The Morgan fingerprint density at radius 2 is 0.940 bits per heavy atom. The number of aliphatic hydroxyl groups excluding tert-OH is 10. The quantitative estimate of drug-likeness (QED) is 0.0293. The average Bonchev–Trinajstić information content (AvgIpc) is 3.31. The molecule has 2 fully saturated rings. The van der Waals surface area contributed by atoms with E-state index in [-0.39, 0.29) is 12.8 Å². The Kier molecular flexibility index (Phi) is 33.5. The van der Waals surface area contributed by atoms with Gasteiger partial charge in [0.15, 0.2) is 6.29 Å². The Labute approximate surface area is 400 Å². The van der Waals surface area contributed by atoms with E-state index in [0.29, 0.717) is 12.8 Å². The lowest BCUT2D eigenvalue weighted by atomic mass is 9.84. The predicted molar refractivity (Wildman–Crippen MR) is 253 cm³/mol. The molecule has 0 aromatic rings. The Balaban J connectivity index is 1.99. The van der Waals surface area contributed by atoms with Crippen LogP contribution in [0.3, 0.4) is 0 Å². The summed E-state index contributed by atoms with van der Waals surface area (Å²) in [4.78, 5) is 24.2. The van der Waals surface area contributed by atoms with Crippen molar-refractivity contribution in [2.45, 2.75) is 286 Å². The van der Waals surface area contributed by atoms with Crippen molar-refractivity contribution in [3.63, 3.8) is 0 Å². The van der Waals surface area contributed by atoms with Gasteiger partial charge in [0.05, 0.1) is 25.4 Å². The van der Waals surface area contributed by atoms with Crippen LogP contribution in [0.5, 0.6) is 0 Å². The van der Waals surface area contributed by atoms with Gasteiger partial charge in [-0.2, -0.15) is 0 Å². The van der Waals surface area contributed by atoms with Crippen LogP contribution in [-0.2, 0) is 27.9 Å². The van der Waals surface area contributed by atoms with Gasteiger partial charge in [-0.15, -0.1) is 0 Å². The van der Waals surface area contributed by atoms with Crippen molar-refractivity contribution in [3.05, 3.63) is 0 Å². The molecular weight excluding hydrogens is 893 g/mol. The van der Waals surface area contributed by atoms with Crippen LogP contribution in [-0.4, -0.2) is 161 Å². The molecule has 1 aliphatic carbocycles. The Morgan fingerprint density at radius 1 is 0.552 bits per heavy atom. The molecule has 1 aliphatic heterocycles. The molecule has 2 rings (SSSR count). The standard InChI is InChI=1S/C48H94NO17P/c1-3-5-7-9-11-13-15-17-19-21-23-25-27-29-31-36(52)47(60)49-34(35(51)30-28-26-24-22-20-18-16-14-12-10-8-6-4-2)33-63-67(61,62)66-46-43(58)41(56)40(55)42(57)45(46)65-48-44(59)39(54)38(53)37(32-50)64-48/h34-46,48,50-59H,3-33H2,1-2H3,(H,49,60)(H,61,62)/t34-,35+,36?,37+,38+,39?,40?,41?,42+,43?,44?,45?,46-,48+/m0/s1. The van der Waals surface area contributed by atoms with Crippen molar-refractivity contribution < 1.29 is 83.8 Å². The van der Waals surface area contributed by atoms with E-state index in [4.69, 9.17) is 18.5 Å². The van der Waals surface area contributed by atoms with Crippen LogP contribution in [0.2, 0.25) is 0 Å². The van der Waals surface area contributed by atoms with Crippen molar-refractivity contribution in [2.24, 2.45) is 0 Å². The maximum Gasteiger partial charge on any atom is 0.472 e. The summed E-state index contributed by atoms with van der Waals surface area (Å²) in [5.41, 5.74) is 0. The van der Waals surface area contributed by atoms with Crippen molar-refractivity contribution in [2.75, 3.05) is 13.2 Å². The van der Waals surface area contributed by atoms with Gasteiger partial charge in [0.1, 0.15) is 67.1 Å². The number of hydrogen-bond acceptors (Lipinski definition) is 16. The zero-order valence-corrected chi connectivity index (χ0v) is 41.7. The number of phosphoric ester groups is 1. The van der Waals surface area contributed by atoms with Crippen LogP contribution in [0.15, 0.2) is 0 Å². The number of aliphatic hydroxyl groups is 10. The first kappa shape index (κ1) is 62.2. The maximum atomic E-state index is 13.5. The van der Waals surface area contributed by atoms with Gasteiger partial charge in [-0.3, -0.25) is 13.8 Å². The van der Waals surface area contributed by atoms with E-state index in [1.165, 1.54) is 109 Å². The Hall–Kier alpha value is -0.900. The highest BCUT2D eigenvalue weighted by Crippen LogP contribution is 2.48. The van der Waals surface area contributed by atoms with E-state index in [1.54, 1.807) is 0 Å². The van der Waals surface area contributed by atoms with Crippen molar-refractivity contribution in [1.29, 1.82) is 0 Å². The lowest BCUT2D eigenvalue weighted by Crippen LogP contribution is -2.67. The van der Waals surface area contributed by atoms with E-state index in [9.17, 15) is 65.3 Å². The fraction of sp³-hybridized carbons (Fsp3) is 0.979. The number of nitrogens with one attached hydrogen (secondary N) is 1. The topological polar surface area (TPSA) is 306 Å². The van der Waals surface area contributed by atoms with Crippen LogP contribution in [0.1, 0.15) is 200 Å². The molecule has 67 heavy (non-hydrogen) atoms. The predicted octanol–water partition coefficient (Wildman–Crippen LogP) is 4.69. The van der Waals surface area contributed by atoms with Gasteiger partial charge in [0.25, 0.3) is 0 Å². The van der Waals surface area contributed by atoms with Crippen molar-refractivity contribution >= 4 is 13.7 Å². The molecule has 12 N–H and O–H groups in total. The molecule has 1 saturated heterocycles. The highest BCUT2D eigenvalue weighted by molar-refractivity contribution is 7.47. The van der Waals surface area contributed by atoms with Gasteiger partial charge in [-0.1, -0.05) is 187 Å². The minimum absolute atomic E-state index is 0.167. The third-order valence-corrected chi connectivity index (χ3v) is 14.4. The molecular formula is C48H94NO17P. The second kappa shape index (κ2) is 36.1. The molecule has 18 nitrogen and oxygen atoms in total.